The Hall–Kier alpha value is -3.75. The fourth-order valence-corrected chi connectivity index (χ4v) is 5.17. The Morgan fingerprint density at radius 2 is 1.31 bits per heavy atom. The van der Waals surface area contributed by atoms with E-state index in [9.17, 15) is 0 Å². The number of imidazole rings is 2. The number of hydrogen-bond acceptors (Lipinski definition) is 6. The molecule has 2 saturated heterocycles. The van der Waals surface area contributed by atoms with E-state index in [4.69, 9.17) is 9.40 Å². The molecule has 1 unspecified atom stereocenters. The van der Waals surface area contributed by atoms with E-state index in [0.717, 1.165) is 76.8 Å². The van der Waals surface area contributed by atoms with Crippen LogP contribution in [-0.2, 0) is 0 Å². The molecule has 2 atom stereocenters. The SMILES string of the molecule is c1cc(-c2nc3cc(-c4cnc([C@@H]5CCCN5)[nH]4)ccc3o2)ccc1-c1cnc(C2CCCN2)[nH]1. The van der Waals surface area contributed by atoms with Gasteiger partial charge in [-0.05, 0) is 74.7 Å². The zero-order valence-corrected chi connectivity index (χ0v) is 19.3. The molecule has 2 aliphatic rings. The normalized spacial score (nSPS) is 20.2. The lowest BCUT2D eigenvalue weighted by Crippen LogP contribution is -2.14. The molecule has 0 bridgehead atoms. The molecule has 2 aromatic carbocycles. The van der Waals surface area contributed by atoms with Crippen molar-refractivity contribution in [2.45, 2.75) is 37.8 Å². The number of aromatic amines is 2. The minimum absolute atomic E-state index is 0.321. The van der Waals surface area contributed by atoms with E-state index in [1.807, 2.05) is 30.6 Å². The molecule has 5 heterocycles. The van der Waals surface area contributed by atoms with Crippen LogP contribution in [0.2, 0.25) is 0 Å². The van der Waals surface area contributed by atoms with Gasteiger partial charge < -0.3 is 25.0 Å². The molecule has 0 spiro atoms. The maximum Gasteiger partial charge on any atom is 0.227 e. The molecule has 2 fully saturated rings. The fourth-order valence-electron chi connectivity index (χ4n) is 5.17. The number of oxazole rings is 1. The first-order valence-corrected chi connectivity index (χ1v) is 12.4. The Balaban J connectivity index is 1.12. The van der Waals surface area contributed by atoms with E-state index < -0.39 is 0 Å². The van der Waals surface area contributed by atoms with Gasteiger partial charge in [0.05, 0.1) is 35.9 Å². The van der Waals surface area contributed by atoms with Crippen molar-refractivity contribution in [3.63, 3.8) is 0 Å². The third-order valence-corrected chi connectivity index (χ3v) is 7.11. The van der Waals surface area contributed by atoms with Gasteiger partial charge in [0, 0.05) is 11.1 Å². The third kappa shape index (κ3) is 3.84. The molecule has 4 N–H and O–H groups in total. The van der Waals surface area contributed by atoms with Crippen LogP contribution >= 0.6 is 0 Å². The Labute approximate surface area is 202 Å². The number of aromatic nitrogens is 5. The van der Waals surface area contributed by atoms with Crippen LogP contribution in [0.1, 0.15) is 49.4 Å². The highest BCUT2D eigenvalue weighted by molar-refractivity contribution is 5.81. The Kier molecular flexibility index (Phi) is 4.99. The highest BCUT2D eigenvalue weighted by Crippen LogP contribution is 2.31. The average molecular weight is 466 g/mol. The van der Waals surface area contributed by atoms with Crippen molar-refractivity contribution in [2.75, 3.05) is 13.1 Å². The van der Waals surface area contributed by atoms with E-state index >= 15 is 0 Å². The van der Waals surface area contributed by atoms with E-state index in [2.05, 4.69) is 54.8 Å². The number of fused-ring (bicyclic) bond motifs is 1. The third-order valence-electron chi connectivity index (χ3n) is 7.11. The molecule has 8 heteroatoms. The summed E-state index contributed by atoms with van der Waals surface area (Å²) in [7, 11) is 0. The summed E-state index contributed by atoms with van der Waals surface area (Å²) < 4.78 is 6.07. The van der Waals surface area contributed by atoms with Gasteiger partial charge in [-0.2, -0.15) is 0 Å². The molecule has 8 nitrogen and oxygen atoms in total. The average Bonchev–Trinajstić information content (AvgIpc) is 3.73. The van der Waals surface area contributed by atoms with Crippen LogP contribution in [0, 0.1) is 0 Å². The van der Waals surface area contributed by atoms with Gasteiger partial charge >= 0.3 is 0 Å². The first kappa shape index (κ1) is 20.6. The van der Waals surface area contributed by atoms with Crippen molar-refractivity contribution in [3.05, 3.63) is 66.5 Å². The molecule has 0 radical (unpaired) electrons. The zero-order valence-electron chi connectivity index (χ0n) is 19.3. The van der Waals surface area contributed by atoms with Crippen LogP contribution in [0.5, 0.6) is 0 Å². The Morgan fingerprint density at radius 1 is 0.714 bits per heavy atom. The highest BCUT2D eigenvalue weighted by atomic mass is 16.3. The van der Waals surface area contributed by atoms with Crippen molar-refractivity contribution in [3.8, 4) is 34.0 Å². The second kappa shape index (κ2) is 8.48. The molecule has 5 aromatic rings. The summed E-state index contributed by atoms with van der Waals surface area (Å²) in [6.07, 6.45) is 8.45. The highest BCUT2D eigenvalue weighted by Gasteiger charge is 2.20. The topological polar surface area (TPSA) is 107 Å². The van der Waals surface area contributed by atoms with Crippen molar-refractivity contribution in [1.82, 2.24) is 35.6 Å². The van der Waals surface area contributed by atoms with Crippen LogP contribution in [0.4, 0.5) is 0 Å². The first-order chi connectivity index (χ1) is 17.3. The van der Waals surface area contributed by atoms with E-state index in [1.165, 1.54) is 12.8 Å². The maximum atomic E-state index is 6.07. The molecule has 0 amide bonds. The lowest BCUT2D eigenvalue weighted by molar-refractivity contribution is 0.613. The number of H-pyrrole nitrogens is 2. The van der Waals surface area contributed by atoms with Gasteiger partial charge in [-0.25, -0.2) is 15.0 Å². The molecular weight excluding hydrogens is 438 g/mol. The number of rotatable bonds is 5. The Bertz CT molecular complexity index is 1470. The maximum absolute atomic E-state index is 6.07. The minimum atomic E-state index is 0.321. The predicted molar refractivity (Wildman–Crippen MR) is 135 cm³/mol. The van der Waals surface area contributed by atoms with Gasteiger partial charge in [0.15, 0.2) is 5.58 Å². The van der Waals surface area contributed by atoms with E-state index in [-0.39, 0.29) is 0 Å². The Morgan fingerprint density at radius 3 is 1.94 bits per heavy atom. The summed E-state index contributed by atoms with van der Waals surface area (Å²) in [4.78, 5) is 20.9. The number of benzene rings is 2. The molecule has 2 aliphatic heterocycles. The monoisotopic (exact) mass is 465 g/mol. The number of nitrogens with zero attached hydrogens (tertiary/aromatic N) is 3. The number of hydrogen-bond donors (Lipinski definition) is 4. The molecule has 176 valence electrons. The zero-order chi connectivity index (χ0) is 23.2. The van der Waals surface area contributed by atoms with Crippen LogP contribution < -0.4 is 10.6 Å². The molecule has 7 rings (SSSR count). The van der Waals surface area contributed by atoms with Gasteiger partial charge in [-0.1, -0.05) is 12.1 Å². The fraction of sp³-hybridized carbons (Fsp3) is 0.296. The number of nitrogens with one attached hydrogen (secondary N) is 4. The van der Waals surface area contributed by atoms with Gasteiger partial charge in [0.2, 0.25) is 5.89 Å². The molecule has 0 saturated carbocycles. The standard InChI is InChI=1S/C27H27N7O/c1-3-19(28-11-1)25-30-14-22(32-25)16-5-7-17(8-6-16)27-34-21-13-18(9-10-24(21)35-27)23-15-31-26(33-23)20-4-2-12-29-20/h5-10,13-15,19-20,28-29H,1-4,11-12H2,(H,30,32)(H,31,33)/t19?,20-/m0/s1. The summed E-state index contributed by atoms with van der Waals surface area (Å²) in [5.74, 6) is 2.63. The summed E-state index contributed by atoms with van der Waals surface area (Å²) in [6.45, 7) is 2.11. The van der Waals surface area contributed by atoms with E-state index in [1.54, 1.807) is 0 Å². The lowest BCUT2D eigenvalue weighted by atomic mass is 10.1. The summed E-state index contributed by atoms with van der Waals surface area (Å²) in [5.41, 5.74) is 6.71. The molecule has 0 aliphatic carbocycles. The van der Waals surface area contributed by atoms with Crippen molar-refractivity contribution >= 4 is 11.1 Å². The van der Waals surface area contributed by atoms with Crippen LogP contribution in [-0.4, -0.2) is 38.0 Å². The summed E-state index contributed by atoms with van der Waals surface area (Å²) >= 11 is 0. The molecule has 35 heavy (non-hydrogen) atoms. The summed E-state index contributed by atoms with van der Waals surface area (Å²) in [5, 5.41) is 6.97. The van der Waals surface area contributed by atoms with Gasteiger partial charge in [-0.3, -0.25) is 0 Å². The quantitative estimate of drug-likeness (QED) is 0.287. The predicted octanol–water partition coefficient (Wildman–Crippen LogP) is 5.12. The molecule has 3 aromatic heterocycles. The molecular formula is C27H27N7O. The second-order valence-electron chi connectivity index (χ2n) is 9.44. The largest absolute Gasteiger partial charge is 0.436 e. The van der Waals surface area contributed by atoms with Crippen molar-refractivity contribution in [2.24, 2.45) is 0 Å². The van der Waals surface area contributed by atoms with Crippen LogP contribution in [0.15, 0.2) is 59.3 Å². The van der Waals surface area contributed by atoms with Crippen molar-refractivity contribution in [1.29, 1.82) is 0 Å². The second-order valence-corrected chi connectivity index (χ2v) is 9.44. The van der Waals surface area contributed by atoms with Gasteiger partial charge in [-0.15, -0.1) is 0 Å². The minimum Gasteiger partial charge on any atom is -0.436 e. The van der Waals surface area contributed by atoms with Crippen LogP contribution in [0.25, 0.3) is 45.1 Å². The van der Waals surface area contributed by atoms with Gasteiger partial charge in [0.25, 0.3) is 0 Å². The van der Waals surface area contributed by atoms with Gasteiger partial charge in [0.1, 0.15) is 17.2 Å². The van der Waals surface area contributed by atoms with Crippen molar-refractivity contribution < 1.29 is 4.42 Å². The first-order valence-electron chi connectivity index (χ1n) is 12.4. The van der Waals surface area contributed by atoms with Crippen LogP contribution in [0.3, 0.4) is 0 Å². The smallest absolute Gasteiger partial charge is 0.227 e. The summed E-state index contributed by atoms with van der Waals surface area (Å²) in [6, 6.07) is 15.0. The van der Waals surface area contributed by atoms with E-state index in [0.29, 0.717) is 18.0 Å². The lowest BCUT2D eigenvalue weighted by Gasteiger charge is -2.05.